The molecule has 1 aromatic heterocycles. The standard InChI is InChI=1S/C25H37BrN2O2/c1-7-8-9-10-12-24(2,3)18-15-20(29-14-11-13-26)22-21(16-18)30-25(4,5)19-17-28(6)27-23(19)22/h15-17H,7-14H2,1-6H3. The number of aromatic nitrogens is 2. The van der Waals surface area contributed by atoms with Crippen LogP contribution in [0.15, 0.2) is 18.3 Å². The van der Waals surface area contributed by atoms with Crippen LogP contribution in [0, 0.1) is 0 Å². The number of hydrogen-bond donors (Lipinski definition) is 0. The van der Waals surface area contributed by atoms with Crippen LogP contribution in [0.2, 0.25) is 0 Å². The van der Waals surface area contributed by atoms with Crippen molar-refractivity contribution < 1.29 is 9.47 Å². The topological polar surface area (TPSA) is 36.3 Å². The van der Waals surface area contributed by atoms with Gasteiger partial charge in [0.25, 0.3) is 0 Å². The van der Waals surface area contributed by atoms with Gasteiger partial charge in [0.1, 0.15) is 22.8 Å². The summed E-state index contributed by atoms with van der Waals surface area (Å²) in [7, 11) is 1.97. The van der Waals surface area contributed by atoms with Gasteiger partial charge < -0.3 is 9.47 Å². The number of aryl methyl sites for hydroxylation is 1. The molecule has 0 fully saturated rings. The van der Waals surface area contributed by atoms with Gasteiger partial charge in [-0.15, -0.1) is 0 Å². The van der Waals surface area contributed by atoms with Crippen molar-refractivity contribution in [2.24, 2.45) is 7.05 Å². The van der Waals surface area contributed by atoms with Crippen LogP contribution in [0.1, 0.15) is 84.3 Å². The molecule has 0 saturated carbocycles. The minimum atomic E-state index is -0.423. The third-order valence-corrected chi connectivity index (χ3v) is 6.68. The molecular weight excluding hydrogens is 440 g/mol. The van der Waals surface area contributed by atoms with Crippen molar-refractivity contribution in [3.8, 4) is 22.8 Å². The number of fused-ring (bicyclic) bond motifs is 3. The smallest absolute Gasteiger partial charge is 0.134 e. The van der Waals surface area contributed by atoms with Gasteiger partial charge in [-0.2, -0.15) is 5.10 Å². The first-order valence-electron chi connectivity index (χ1n) is 11.3. The lowest BCUT2D eigenvalue weighted by atomic mass is 9.78. The third kappa shape index (κ3) is 4.87. The van der Waals surface area contributed by atoms with E-state index in [2.05, 4.69) is 68.9 Å². The first-order valence-corrected chi connectivity index (χ1v) is 12.4. The van der Waals surface area contributed by atoms with E-state index in [9.17, 15) is 0 Å². The van der Waals surface area contributed by atoms with E-state index in [0.29, 0.717) is 6.61 Å². The average molecular weight is 477 g/mol. The number of hydrogen-bond acceptors (Lipinski definition) is 3. The van der Waals surface area contributed by atoms with E-state index in [1.54, 1.807) is 0 Å². The van der Waals surface area contributed by atoms with Crippen molar-refractivity contribution >= 4 is 15.9 Å². The molecule has 0 unspecified atom stereocenters. The number of benzene rings is 1. The van der Waals surface area contributed by atoms with Crippen molar-refractivity contribution in [2.45, 2.75) is 84.2 Å². The van der Waals surface area contributed by atoms with Crippen molar-refractivity contribution in [3.63, 3.8) is 0 Å². The molecule has 0 saturated heterocycles. The molecule has 0 atom stereocenters. The van der Waals surface area contributed by atoms with Gasteiger partial charge in [0, 0.05) is 24.1 Å². The minimum absolute atomic E-state index is 0.0637. The summed E-state index contributed by atoms with van der Waals surface area (Å²) in [4.78, 5) is 0. The Bertz CT molecular complexity index is 870. The first-order chi connectivity index (χ1) is 14.2. The highest BCUT2D eigenvalue weighted by molar-refractivity contribution is 9.09. The second-order valence-electron chi connectivity index (χ2n) is 9.61. The molecule has 0 amide bonds. The Kier molecular flexibility index (Phi) is 7.21. The third-order valence-electron chi connectivity index (χ3n) is 6.12. The van der Waals surface area contributed by atoms with Gasteiger partial charge in [0.15, 0.2) is 0 Å². The Morgan fingerprint density at radius 3 is 2.63 bits per heavy atom. The highest BCUT2D eigenvalue weighted by Crippen LogP contribution is 2.50. The van der Waals surface area contributed by atoms with Gasteiger partial charge in [-0.1, -0.05) is 62.4 Å². The van der Waals surface area contributed by atoms with Crippen LogP contribution in [0.5, 0.6) is 11.5 Å². The van der Waals surface area contributed by atoms with E-state index in [0.717, 1.165) is 46.5 Å². The zero-order valence-corrected chi connectivity index (χ0v) is 21.1. The van der Waals surface area contributed by atoms with Gasteiger partial charge in [0.05, 0.1) is 12.2 Å². The van der Waals surface area contributed by atoms with E-state index >= 15 is 0 Å². The van der Waals surface area contributed by atoms with E-state index < -0.39 is 5.60 Å². The van der Waals surface area contributed by atoms with Crippen molar-refractivity contribution in [3.05, 3.63) is 29.5 Å². The van der Waals surface area contributed by atoms with Gasteiger partial charge in [-0.25, -0.2) is 0 Å². The van der Waals surface area contributed by atoms with Crippen LogP contribution in [0.3, 0.4) is 0 Å². The van der Waals surface area contributed by atoms with Gasteiger partial charge in [-0.05, 0) is 49.8 Å². The summed E-state index contributed by atoms with van der Waals surface area (Å²) >= 11 is 3.51. The Balaban J connectivity index is 2.03. The Morgan fingerprint density at radius 1 is 1.17 bits per heavy atom. The quantitative estimate of drug-likeness (QED) is 0.270. The van der Waals surface area contributed by atoms with Crippen LogP contribution in [0.25, 0.3) is 11.3 Å². The normalized spacial score (nSPS) is 14.8. The van der Waals surface area contributed by atoms with Crippen molar-refractivity contribution in [1.29, 1.82) is 0 Å². The number of alkyl halides is 1. The predicted molar refractivity (Wildman–Crippen MR) is 128 cm³/mol. The van der Waals surface area contributed by atoms with E-state index in [1.165, 1.54) is 31.2 Å². The molecule has 3 rings (SSSR count). The minimum Gasteiger partial charge on any atom is -0.493 e. The Labute approximate surface area is 190 Å². The van der Waals surface area contributed by atoms with Crippen LogP contribution >= 0.6 is 15.9 Å². The van der Waals surface area contributed by atoms with Crippen molar-refractivity contribution in [2.75, 3.05) is 11.9 Å². The maximum absolute atomic E-state index is 6.54. The first kappa shape index (κ1) is 23.2. The van der Waals surface area contributed by atoms with E-state index in [1.807, 2.05) is 11.7 Å². The fraction of sp³-hybridized carbons (Fsp3) is 0.640. The predicted octanol–water partition coefficient (Wildman–Crippen LogP) is 7.13. The average Bonchev–Trinajstić information content (AvgIpc) is 3.07. The molecule has 2 heterocycles. The lowest BCUT2D eigenvalue weighted by Gasteiger charge is -2.35. The SMILES string of the molecule is CCCCCCC(C)(C)c1cc(OCCCBr)c2c(c1)OC(C)(C)c1cn(C)nc1-2. The molecule has 166 valence electrons. The largest absolute Gasteiger partial charge is 0.493 e. The monoisotopic (exact) mass is 476 g/mol. The Hall–Kier alpha value is -1.49. The fourth-order valence-electron chi connectivity index (χ4n) is 4.23. The number of ether oxygens (including phenoxy) is 2. The lowest BCUT2D eigenvalue weighted by molar-refractivity contribution is 0.105. The van der Waals surface area contributed by atoms with Crippen LogP contribution in [-0.2, 0) is 18.1 Å². The maximum Gasteiger partial charge on any atom is 0.134 e. The summed E-state index contributed by atoms with van der Waals surface area (Å²) in [6.07, 6.45) is 9.29. The van der Waals surface area contributed by atoms with Crippen LogP contribution in [-0.4, -0.2) is 21.7 Å². The Morgan fingerprint density at radius 2 is 1.93 bits per heavy atom. The number of halogens is 1. The molecule has 30 heavy (non-hydrogen) atoms. The second-order valence-corrected chi connectivity index (χ2v) is 10.4. The molecule has 0 radical (unpaired) electrons. The number of rotatable bonds is 10. The zero-order valence-electron chi connectivity index (χ0n) is 19.5. The molecule has 0 bridgehead atoms. The fourth-order valence-corrected chi connectivity index (χ4v) is 4.46. The summed E-state index contributed by atoms with van der Waals surface area (Å²) < 4.78 is 14.7. The zero-order chi connectivity index (χ0) is 21.9. The van der Waals surface area contributed by atoms with E-state index in [-0.39, 0.29) is 5.41 Å². The summed E-state index contributed by atoms with van der Waals surface area (Å²) in [5.41, 5.74) is 3.99. The molecule has 5 heteroatoms. The van der Waals surface area contributed by atoms with Gasteiger partial charge in [0.2, 0.25) is 0 Å². The van der Waals surface area contributed by atoms with E-state index in [4.69, 9.17) is 14.6 Å². The van der Waals surface area contributed by atoms with Crippen molar-refractivity contribution in [1.82, 2.24) is 9.78 Å². The van der Waals surface area contributed by atoms with Gasteiger partial charge >= 0.3 is 0 Å². The van der Waals surface area contributed by atoms with Crippen LogP contribution in [0.4, 0.5) is 0 Å². The molecule has 0 N–H and O–H groups in total. The highest BCUT2D eigenvalue weighted by Gasteiger charge is 2.38. The molecule has 4 nitrogen and oxygen atoms in total. The summed E-state index contributed by atoms with van der Waals surface area (Å²) in [5, 5.41) is 5.71. The molecule has 0 spiro atoms. The number of nitrogens with zero attached hydrogens (tertiary/aromatic N) is 2. The molecule has 1 aromatic carbocycles. The summed E-state index contributed by atoms with van der Waals surface area (Å²) in [5.74, 6) is 1.78. The summed E-state index contributed by atoms with van der Waals surface area (Å²) in [6, 6.07) is 4.46. The molecule has 2 aromatic rings. The van der Waals surface area contributed by atoms with Gasteiger partial charge in [-0.3, -0.25) is 4.68 Å². The lowest BCUT2D eigenvalue weighted by Crippen LogP contribution is -2.29. The number of unbranched alkanes of at least 4 members (excludes halogenated alkanes) is 3. The maximum atomic E-state index is 6.54. The summed E-state index contributed by atoms with van der Waals surface area (Å²) in [6.45, 7) is 11.8. The molecule has 0 aliphatic carbocycles. The van der Waals surface area contributed by atoms with Crippen LogP contribution < -0.4 is 9.47 Å². The molecular formula is C25H37BrN2O2. The second kappa shape index (κ2) is 9.33. The highest BCUT2D eigenvalue weighted by atomic mass is 79.9. The molecule has 1 aliphatic rings. The molecule has 1 aliphatic heterocycles.